The third kappa shape index (κ3) is 4.08. The molecule has 5 nitrogen and oxygen atoms in total. The van der Waals surface area contributed by atoms with Gasteiger partial charge in [0.15, 0.2) is 0 Å². The van der Waals surface area contributed by atoms with Crippen LogP contribution >= 0.6 is 0 Å². The van der Waals surface area contributed by atoms with E-state index in [1.165, 1.54) is 38.5 Å². The van der Waals surface area contributed by atoms with Gasteiger partial charge in [0.2, 0.25) is 0 Å². The fourth-order valence-electron chi connectivity index (χ4n) is 6.84. The predicted octanol–water partition coefficient (Wildman–Crippen LogP) is 5.60. The van der Waals surface area contributed by atoms with Gasteiger partial charge in [-0.3, -0.25) is 4.55 Å². The number of hydrogen-bond donors (Lipinski definition) is 2. The Morgan fingerprint density at radius 3 is 1.90 bits per heavy atom. The number of benzene rings is 1. The largest absolute Gasteiger partial charge is 0.313 e. The molecule has 1 aromatic rings. The highest BCUT2D eigenvalue weighted by molar-refractivity contribution is 7.85. The van der Waals surface area contributed by atoms with Crippen molar-refractivity contribution in [3.63, 3.8) is 0 Å². The smallest absolute Gasteiger partial charge is 0.294 e. The molecule has 3 aliphatic rings. The van der Waals surface area contributed by atoms with Crippen molar-refractivity contribution in [1.82, 2.24) is 5.06 Å². The molecule has 2 aliphatic carbocycles. The summed E-state index contributed by atoms with van der Waals surface area (Å²) < 4.78 is 33.5. The Hall–Kier alpha value is -0.950. The summed E-state index contributed by atoms with van der Waals surface area (Å²) >= 11 is 0. The van der Waals surface area contributed by atoms with Gasteiger partial charge in [-0.25, -0.2) is 0 Å². The first-order chi connectivity index (χ1) is 14.2. The van der Waals surface area contributed by atoms with Crippen LogP contribution in [0.4, 0.5) is 0 Å². The predicted molar refractivity (Wildman–Crippen MR) is 117 cm³/mol. The lowest BCUT2D eigenvalue weighted by Gasteiger charge is -2.59. The number of aryl methyl sites for hydroxylation is 1. The molecule has 2 saturated carbocycles. The van der Waals surface area contributed by atoms with Gasteiger partial charge >= 0.3 is 0 Å². The molecule has 1 aliphatic heterocycles. The first-order valence-electron chi connectivity index (χ1n) is 11.7. The van der Waals surface area contributed by atoms with Crippen LogP contribution in [0.5, 0.6) is 0 Å². The number of nitrogens with zero attached hydrogens (tertiary/aromatic N) is 1. The van der Waals surface area contributed by atoms with Crippen molar-refractivity contribution in [2.24, 2.45) is 5.92 Å². The van der Waals surface area contributed by atoms with E-state index >= 15 is 0 Å². The molecule has 0 bridgehead atoms. The molecule has 2 spiro atoms. The van der Waals surface area contributed by atoms with E-state index in [2.05, 4.69) is 6.07 Å². The van der Waals surface area contributed by atoms with Crippen LogP contribution in [0.1, 0.15) is 93.7 Å². The van der Waals surface area contributed by atoms with Crippen molar-refractivity contribution in [2.45, 2.75) is 113 Å². The topological polar surface area (TPSA) is 77.8 Å². The van der Waals surface area contributed by atoms with Gasteiger partial charge in [0.1, 0.15) is 0 Å². The monoisotopic (exact) mass is 435 g/mol. The quantitative estimate of drug-likeness (QED) is 0.604. The minimum Gasteiger partial charge on any atom is -0.313 e. The SMILES string of the molecule is Cc1cc(CC2CC3(CCCCC3)N(O)C3(CCCCC3)C2)cc(S(=O)(=O)O)c1C. The molecule has 0 aromatic heterocycles. The van der Waals surface area contributed by atoms with E-state index in [4.69, 9.17) is 0 Å². The Kier molecular flexibility index (Phi) is 6.08. The molecule has 168 valence electrons. The molecule has 1 aromatic carbocycles. The lowest BCUT2D eigenvalue weighted by Crippen LogP contribution is -2.65. The number of hydroxylamine groups is 2. The molecule has 2 N–H and O–H groups in total. The molecule has 3 fully saturated rings. The van der Waals surface area contributed by atoms with E-state index in [9.17, 15) is 18.2 Å². The zero-order valence-corrected chi connectivity index (χ0v) is 19.3. The first-order valence-corrected chi connectivity index (χ1v) is 13.2. The summed E-state index contributed by atoms with van der Waals surface area (Å²) in [6.45, 7) is 3.66. The third-order valence-electron chi connectivity index (χ3n) is 8.29. The van der Waals surface area contributed by atoms with Crippen LogP contribution in [0.3, 0.4) is 0 Å². The van der Waals surface area contributed by atoms with Crippen LogP contribution in [0, 0.1) is 19.8 Å². The van der Waals surface area contributed by atoms with Crippen LogP contribution in [-0.4, -0.2) is 34.3 Å². The third-order valence-corrected chi connectivity index (χ3v) is 9.27. The molecule has 0 amide bonds. The molecule has 1 heterocycles. The van der Waals surface area contributed by atoms with Gasteiger partial charge in [0.05, 0.1) is 4.90 Å². The summed E-state index contributed by atoms with van der Waals surface area (Å²) in [6, 6.07) is 3.75. The minimum atomic E-state index is -4.23. The lowest BCUT2D eigenvalue weighted by molar-refractivity contribution is -0.286. The summed E-state index contributed by atoms with van der Waals surface area (Å²) in [6.07, 6.45) is 14.2. The molecular weight excluding hydrogens is 398 g/mol. The Morgan fingerprint density at radius 1 is 0.933 bits per heavy atom. The van der Waals surface area contributed by atoms with E-state index in [0.717, 1.165) is 56.1 Å². The second kappa shape index (κ2) is 8.19. The second-order valence-electron chi connectivity index (χ2n) is 10.4. The van der Waals surface area contributed by atoms with Crippen molar-refractivity contribution in [1.29, 1.82) is 0 Å². The van der Waals surface area contributed by atoms with Crippen molar-refractivity contribution in [3.05, 3.63) is 28.8 Å². The maximum atomic E-state index is 11.9. The van der Waals surface area contributed by atoms with Crippen molar-refractivity contribution in [3.8, 4) is 0 Å². The Balaban J connectivity index is 1.66. The van der Waals surface area contributed by atoms with E-state index in [1.54, 1.807) is 13.0 Å². The highest BCUT2D eigenvalue weighted by Crippen LogP contribution is 2.52. The van der Waals surface area contributed by atoms with Crippen LogP contribution in [0.25, 0.3) is 0 Å². The zero-order valence-electron chi connectivity index (χ0n) is 18.5. The van der Waals surface area contributed by atoms with Gasteiger partial charge in [-0.2, -0.15) is 13.5 Å². The van der Waals surface area contributed by atoms with Crippen molar-refractivity contribution < 1.29 is 18.2 Å². The van der Waals surface area contributed by atoms with Gasteiger partial charge in [-0.15, -0.1) is 0 Å². The fraction of sp³-hybridized carbons (Fsp3) is 0.750. The Morgan fingerprint density at radius 2 is 1.43 bits per heavy atom. The molecule has 6 heteroatoms. The molecule has 0 unspecified atom stereocenters. The average molecular weight is 436 g/mol. The first kappa shape index (κ1) is 22.3. The fourth-order valence-corrected chi connectivity index (χ4v) is 7.69. The molecular formula is C24H37NO4S. The van der Waals surface area contributed by atoms with Gasteiger partial charge < -0.3 is 5.21 Å². The van der Waals surface area contributed by atoms with Crippen LogP contribution in [0.2, 0.25) is 0 Å². The number of rotatable bonds is 3. The highest BCUT2D eigenvalue weighted by Gasteiger charge is 2.54. The van der Waals surface area contributed by atoms with Crippen LogP contribution in [0.15, 0.2) is 17.0 Å². The van der Waals surface area contributed by atoms with Crippen LogP contribution < -0.4 is 0 Å². The van der Waals surface area contributed by atoms with E-state index in [1.807, 2.05) is 12.0 Å². The van der Waals surface area contributed by atoms with Gasteiger partial charge in [0.25, 0.3) is 10.1 Å². The van der Waals surface area contributed by atoms with Crippen molar-refractivity contribution >= 4 is 10.1 Å². The molecule has 30 heavy (non-hydrogen) atoms. The molecule has 4 rings (SSSR count). The average Bonchev–Trinajstić information content (AvgIpc) is 2.69. The zero-order chi connectivity index (χ0) is 21.6. The summed E-state index contributed by atoms with van der Waals surface area (Å²) in [5.41, 5.74) is 2.27. The van der Waals surface area contributed by atoms with Gasteiger partial charge in [-0.05, 0) is 87.5 Å². The van der Waals surface area contributed by atoms with Crippen LogP contribution in [-0.2, 0) is 16.5 Å². The Labute approximate surface area is 181 Å². The highest BCUT2D eigenvalue weighted by atomic mass is 32.2. The van der Waals surface area contributed by atoms with E-state index in [-0.39, 0.29) is 16.0 Å². The van der Waals surface area contributed by atoms with Gasteiger partial charge in [-0.1, -0.05) is 44.6 Å². The molecule has 0 radical (unpaired) electrons. The number of hydrogen-bond acceptors (Lipinski definition) is 4. The normalized spacial score (nSPS) is 26.9. The maximum absolute atomic E-state index is 11.9. The van der Waals surface area contributed by atoms with Crippen molar-refractivity contribution in [2.75, 3.05) is 0 Å². The summed E-state index contributed by atoms with van der Waals surface area (Å²) in [5, 5.41) is 13.3. The molecule has 0 atom stereocenters. The maximum Gasteiger partial charge on any atom is 0.294 e. The summed E-state index contributed by atoms with van der Waals surface area (Å²) in [4.78, 5) is 0.0388. The standard InChI is InChI=1S/C24H37NO4S/c1-18-13-20(15-22(19(18)2)30(27,28)29)14-21-16-23(9-5-3-6-10-23)25(26)24(17-21)11-7-4-8-12-24/h13,15,21,26H,3-12,14,16-17H2,1-2H3,(H,27,28,29). The van der Waals surface area contributed by atoms with E-state index in [0.29, 0.717) is 11.5 Å². The minimum absolute atomic E-state index is 0.0388. The summed E-state index contributed by atoms with van der Waals surface area (Å²) in [7, 11) is -4.23. The Bertz CT molecular complexity index is 855. The lowest BCUT2D eigenvalue weighted by atomic mass is 9.62. The summed E-state index contributed by atoms with van der Waals surface area (Å²) in [5.74, 6) is 0.418. The second-order valence-corrected chi connectivity index (χ2v) is 11.8. The van der Waals surface area contributed by atoms with E-state index < -0.39 is 10.1 Å². The van der Waals surface area contributed by atoms with Gasteiger partial charge in [0, 0.05) is 11.1 Å². The molecule has 1 saturated heterocycles. The number of piperidine rings is 1.